The molecule has 0 saturated heterocycles. The van der Waals surface area contributed by atoms with E-state index in [0.717, 1.165) is 11.5 Å². The number of ether oxygens (including phenoxy) is 3. The van der Waals surface area contributed by atoms with E-state index in [0.29, 0.717) is 6.61 Å². The summed E-state index contributed by atoms with van der Waals surface area (Å²) in [5.41, 5.74) is 0. The van der Waals surface area contributed by atoms with Crippen LogP contribution in [-0.2, 0) is 9.53 Å². The zero-order valence-corrected chi connectivity index (χ0v) is 12.5. The average Bonchev–Trinajstić information content (AvgIpc) is 2.50. The SMILES string of the molecule is COC(=O)[C@H](C)[C@@H](C)C=CCOc1ccc(OC)cc1. The molecule has 0 fully saturated rings. The van der Waals surface area contributed by atoms with Crippen molar-refractivity contribution >= 4 is 5.97 Å². The Morgan fingerprint density at radius 1 is 1.15 bits per heavy atom. The molecule has 0 N–H and O–H groups in total. The number of allylic oxidation sites excluding steroid dienone is 1. The van der Waals surface area contributed by atoms with Crippen molar-refractivity contribution in [2.45, 2.75) is 13.8 Å². The molecule has 0 saturated carbocycles. The molecule has 4 nitrogen and oxygen atoms in total. The van der Waals surface area contributed by atoms with Crippen molar-refractivity contribution in [3.05, 3.63) is 36.4 Å². The van der Waals surface area contributed by atoms with Crippen LogP contribution in [0.3, 0.4) is 0 Å². The Bertz CT molecular complexity index is 436. The second-order valence-corrected chi connectivity index (χ2v) is 4.59. The van der Waals surface area contributed by atoms with Crippen LogP contribution in [0, 0.1) is 11.8 Å². The summed E-state index contributed by atoms with van der Waals surface area (Å²) in [6.45, 7) is 4.29. The molecule has 0 aliphatic carbocycles. The lowest BCUT2D eigenvalue weighted by Crippen LogP contribution is -2.18. The molecular weight excluding hydrogens is 256 g/mol. The minimum atomic E-state index is -0.196. The summed E-state index contributed by atoms with van der Waals surface area (Å²) in [6.07, 6.45) is 3.87. The first-order valence-corrected chi connectivity index (χ1v) is 6.59. The van der Waals surface area contributed by atoms with Gasteiger partial charge in [-0.3, -0.25) is 4.79 Å². The lowest BCUT2D eigenvalue weighted by molar-refractivity contribution is -0.145. The maximum atomic E-state index is 11.4. The molecule has 0 heterocycles. The topological polar surface area (TPSA) is 44.8 Å². The predicted molar refractivity (Wildman–Crippen MR) is 78.0 cm³/mol. The summed E-state index contributed by atoms with van der Waals surface area (Å²) in [4.78, 5) is 11.4. The fourth-order valence-corrected chi connectivity index (χ4v) is 1.65. The van der Waals surface area contributed by atoms with Gasteiger partial charge in [0.05, 0.1) is 20.1 Å². The largest absolute Gasteiger partial charge is 0.497 e. The first-order valence-electron chi connectivity index (χ1n) is 6.59. The molecule has 2 atom stereocenters. The Morgan fingerprint density at radius 2 is 1.75 bits per heavy atom. The van der Waals surface area contributed by atoms with E-state index >= 15 is 0 Å². The predicted octanol–water partition coefficient (Wildman–Crippen LogP) is 3.08. The van der Waals surface area contributed by atoms with E-state index in [4.69, 9.17) is 14.2 Å². The molecule has 0 radical (unpaired) electrons. The molecule has 0 unspecified atom stereocenters. The Labute approximate surface area is 120 Å². The van der Waals surface area contributed by atoms with Gasteiger partial charge in [-0.2, -0.15) is 0 Å². The van der Waals surface area contributed by atoms with Gasteiger partial charge >= 0.3 is 5.97 Å². The summed E-state index contributed by atoms with van der Waals surface area (Å²) in [7, 11) is 3.03. The summed E-state index contributed by atoms with van der Waals surface area (Å²) in [6, 6.07) is 7.41. The number of carbonyl (C=O) groups excluding carboxylic acids is 1. The van der Waals surface area contributed by atoms with Gasteiger partial charge in [0.1, 0.15) is 18.1 Å². The first-order chi connectivity index (χ1) is 9.58. The molecule has 0 amide bonds. The van der Waals surface area contributed by atoms with Crippen molar-refractivity contribution in [3.63, 3.8) is 0 Å². The van der Waals surface area contributed by atoms with E-state index < -0.39 is 0 Å². The van der Waals surface area contributed by atoms with Crippen LogP contribution in [0.4, 0.5) is 0 Å². The van der Waals surface area contributed by atoms with Crippen molar-refractivity contribution in [2.75, 3.05) is 20.8 Å². The number of benzene rings is 1. The first kappa shape index (κ1) is 16.1. The van der Waals surface area contributed by atoms with Crippen molar-refractivity contribution in [1.29, 1.82) is 0 Å². The maximum absolute atomic E-state index is 11.4. The molecular formula is C16H22O4. The molecule has 0 bridgehead atoms. The smallest absolute Gasteiger partial charge is 0.308 e. The Kier molecular flexibility index (Phi) is 6.64. The van der Waals surface area contributed by atoms with Gasteiger partial charge in [-0.05, 0) is 30.2 Å². The molecule has 110 valence electrons. The van der Waals surface area contributed by atoms with E-state index in [-0.39, 0.29) is 17.8 Å². The van der Waals surface area contributed by atoms with E-state index in [1.54, 1.807) is 7.11 Å². The maximum Gasteiger partial charge on any atom is 0.308 e. The third kappa shape index (κ3) is 4.96. The fraction of sp³-hybridized carbons (Fsp3) is 0.438. The van der Waals surface area contributed by atoms with Gasteiger partial charge in [-0.25, -0.2) is 0 Å². The normalized spacial score (nSPS) is 13.8. The van der Waals surface area contributed by atoms with Gasteiger partial charge < -0.3 is 14.2 Å². The second kappa shape index (κ2) is 8.25. The van der Waals surface area contributed by atoms with Crippen LogP contribution >= 0.6 is 0 Å². The molecule has 0 aromatic heterocycles. The van der Waals surface area contributed by atoms with Gasteiger partial charge in [0, 0.05) is 0 Å². The van der Waals surface area contributed by atoms with Crippen LogP contribution in [-0.4, -0.2) is 26.8 Å². The monoisotopic (exact) mass is 278 g/mol. The molecule has 1 rings (SSSR count). The van der Waals surface area contributed by atoms with E-state index in [1.165, 1.54) is 7.11 Å². The van der Waals surface area contributed by atoms with E-state index in [9.17, 15) is 4.79 Å². The average molecular weight is 278 g/mol. The van der Waals surface area contributed by atoms with Crippen LogP contribution in [0.15, 0.2) is 36.4 Å². The highest BCUT2D eigenvalue weighted by atomic mass is 16.5. The number of esters is 1. The summed E-state index contributed by atoms with van der Waals surface area (Å²) < 4.78 is 15.4. The number of hydrogen-bond donors (Lipinski definition) is 0. The molecule has 1 aromatic carbocycles. The molecule has 4 heteroatoms. The minimum Gasteiger partial charge on any atom is -0.497 e. The highest BCUT2D eigenvalue weighted by molar-refractivity contribution is 5.72. The van der Waals surface area contributed by atoms with Gasteiger partial charge in [0.25, 0.3) is 0 Å². The zero-order chi connectivity index (χ0) is 15.0. The third-order valence-corrected chi connectivity index (χ3v) is 3.21. The Balaban J connectivity index is 2.38. The van der Waals surface area contributed by atoms with Crippen LogP contribution in [0.25, 0.3) is 0 Å². The highest BCUT2D eigenvalue weighted by Gasteiger charge is 2.18. The lowest BCUT2D eigenvalue weighted by atomic mass is 9.96. The quantitative estimate of drug-likeness (QED) is 0.568. The highest BCUT2D eigenvalue weighted by Crippen LogP contribution is 2.17. The van der Waals surface area contributed by atoms with Gasteiger partial charge in [0.2, 0.25) is 0 Å². The standard InChI is InChI=1S/C16H22O4/c1-12(13(2)16(17)19-4)6-5-11-20-15-9-7-14(18-3)8-10-15/h5-10,12-13H,11H2,1-4H3/t12-,13+/m0/s1. The van der Waals surface area contributed by atoms with Gasteiger partial charge in [-0.15, -0.1) is 0 Å². The molecule has 0 spiro atoms. The van der Waals surface area contributed by atoms with Crippen LogP contribution < -0.4 is 9.47 Å². The van der Waals surface area contributed by atoms with Crippen LogP contribution in [0.1, 0.15) is 13.8 Å². The Hall–Kier alpha value is -1.97. The van der Waals surface area contributed by atoms with Crippen LogP contribution in [0.5, 0.6) is 11.5 Å². The zero-order valence-electron chi connectivity index (χ0n) is 12.5. The summed E-state index contributed by atoms with van der Waals surface area (Å²) >= 11 is 0. The summed E-state index contributed by atoms with van der Waals surface area (Å²) in [5.74, 6) is 1.34. The van der Waals surface area contributed by atoms with Gasteiger partial charge in [-0.1, -0.05) is 26.0 Å². The second-order valence-electron chi connectivity index (χ2n) is 4.59. The minimum absolute atomic E-state index is 0.113. The number of methoxy groups -OCH3 is 2. The third-order valence-electron chi connectivity index (χ3n) is 3.21. The van der Waals surface area contributed by atoms with Crippen molar-refractivity contribution in [2.24, 2.45) is 11.8 Å². The van der Waals surface area contributed by atoms with Crippen LogP contribution in [0.2, 0.25) is 0 Å². The van der Waals surface area contributed by atoms with Gasteiger partial charge in [0.15, 0.2) is 0 Å². The van der Waals surface area contributed by atoms with Crippen molar-refractivity contribution in [3.8, 4) is 11.5 Å². The fourth-order valence-electron chi connectivity index (χ4n) is 1.65. The lowest BCUT2D eigenvalue weighted by Gasteiger charge is -2.13. The number of rotatable bonds is 7. The van der Waals surface area contributed by atoms with Crippen molar-refractivity contribution < 1.29 is 19.0 Å². The molecule has 0 aliphatic rings. The summed E-state index contributed by atoms with van der Waals surface area (Å²) in [5, 5.41) is 0. The van der Waals surface area contributed by atoms with E-state index in [1.807, 2.05) is 50.3 Å². The Morgan fingerprint density at radius 3 is 2.30 bits per heavy atom. The molecule has 0 aliphatic heterocycles. The molecule has 20 heavy (non-hydrogen) atoms. The van der Waals surface area contributed by atoms with Crippen molar-refractivity contribution in [1.82, 2.24) is 0 Å². The van der Waals surface area contributed by atoms with E-state index in [2.05, 4.69) is 0 Å². The number of hydrogen-bond acceptors (Lipinski definition) is 4. The number of carbonyl (C=O) groups is 1. The molecule has 1 aromatic rings.